The summed E-state index contributed by atoms with van der Waals surface area (Å²) in [5.74, 6) is 0.233. The number of H-pyrrole nitrogens is 1. The van der Waals surface area contributed by atoms with Gasteiger partial charge in [-0.2, -0.15) is 0 Å². The number of nitrogens with one attached hydrogen (secondary N) is 2. The van der Waals surface area contributed by atoms with Gasteiger partial charge in [-0.15, -0.1) is 0 Å². The SMILES string of the molecule is COc1cccc(NC(=O)CN(C)C(=O)c2cccc3c4c([nH]c23)CCCC4)c1. The van der Waals surface area contributed by atoms with Crippen molar-refractivity contribution in [2.45, 2.75) is 25.7 Å². The van der Waals surface area contributed by atoms with Gasteiger partial charge >= 0.3 is 0 Å². The Morgan fingerprint density at radius 2 is 1.93 bits per heavy atom. The average Bonchev–Trinajstić information content (AvgIpc) is 3.12. The molecule has 3 aromatic rings. The number of para-hydroxylation sites is 1. The second kappa shape index (κ2) is 7.99. The molecule has 0 radical (unpaired) electrons. The molecule has 6 nitrogen and oxygen atoms in total. The minimum Gasteiger partial charge on any atom is -0.497 e. The highest BCUT2D eigenvalue weighted by molar-refractivity contribution is 6.08. The van der Waals surface area contributed by atoms with Crippen LogP contribution in [0.3, 0.4) is 0 Å². The van der Waals surface area contributed by atoms with Crippen LogP contribution in [0.15, 0.2) is 42.5 Å². The lowest BCUT2D eigenvalue weighted by molar-refractivity contribution is -0.116. The Bertz CT molecular complexity index is 1070. The van der Waals surface area contributed by atoms with Crippen LogP contribution in [0.2, 0.25) is 0 Å². The van der Waals surface area contributed by atoms with Crippen molar-refractivity contribution >= 4 is 28.4 Å². The average molecular weight is 391 g/mol. The summed E-state index contributed by atoms with van der Waals surface area (Å²) in [6.45, 7) is -0.0349. The van der Waals surface area contributed by atoms with E-state index in [2.05, 4.69) is 16.4 Å². The number of aryl methyl sites for hydroxylation is 2. The van der Waals surface area contributed by atoms with E-state index >= 15 is 0 Å². The summed E-state index contributed by atoms with van der Waals surface area (Å²) in [5.41, 5.74) is 4.69. The van der Waals surface area contributed by atoms with Crippen molar-refractivity contribution in [3.63, 3.8) is 0 Å². The summed E-state index contributed by atoms with van der Waals surface area (Å²) >= 11 is 0. The molecule has 1 aromatic heterocycles. The van der Waals surface area contributed by atoms with Crippen molar-refractivity contribution in [3.8, 4) is 5.75 Å². The van der Waals surface area contributed by atoms with Crippen LogP contribution in [-0.2, 0) is 17.6 Å². The summed E-state index contributed by atoms with van der Waals surface area (Å²) in [7, 11) is 3.22. The molecule has 6 heteroatoms. The first-order valence-corrected chi connectivity index (χ1v) is 9.88. The van der Waals surface area contributed by atoms with Crippen LogP contribution in [0, 0.1) is 0 Å². The maximum atomic E-state index is 13.1. The molecule has 1 heterocycles. The molecule has 1 aliphatic rings. The molecule has 2 aromatic carbocycles. The zero-order chi connectivity index (χ0) is 20.4. The topological polar surface area (TPSA) is 74.4 Å². The van der Waals surface area contributed by atoms with Crippen LogP contribution >= 0.6 is 0 Å². The Hall–Kier alpha value is -3.28. The molecule has 0 bridgehead atoms. The Kier molecular flexibility index (Phi) is 5.25. The minimum absolute atomic E-state index is 0.0349. The molecule has 0 saturated carbocycles. The number of fused-ring (bicyclic) bond motifs is 3. The number of amides is 2. The number of carbonyl (C=O) groups excluding carboxylic acids is 2. The molecular weight excluding hydrogens is 366 g/mol. The lowest BCUT2D eigenvalue weighted by Crippen LogP contribution is -2.35. The molecule has 0 spiro atoms. The summed E-state index contributed by atoms with van der Waals surface area (Å²) in [5, 5.41) is 3.93. The Labute approximate surface area is 169 Å². The van der Waals surface area contributed by atoms with Crippen molar-refractivity contribution in [2.24, 2.45) is 0 Å². The van der Waals surface area contributed by atoms with Gasteiger partial charge in [0, 0.05) is 29.9 Å². The molecule has 2 amide bonds. The van der Waals surface area contributed by atoms with Crippen LogP contribution in [0.5, 0.6) is 5.75 Å². The number of likely N-dealkylation sites (N-methyl/N-ethyl adjacent to an activating group) is 1. The maximum Gasteiger partial charge on any atom is 0.256 e. The Morgan fingerprint density at radius 3 is 2.76 bits per heavy atom. The van der Waals surface area contributed by atoms with Gasteiger partial charge in [0.25, 0.3) is 5.91 Å². The van der Waals surface area contributed by atoms with Crippen molar-refractivity contribution in [3.05, 3.63) is 59.3 Å². The van der Waals surface area contributed by atoms with Crippen LogP contribution in [0.4, 0.5) is 5.69 Å². The second-order valence-corrected chi connectivity index (χ2v) is 7.46. The van der Waals surface area contributed by atoms with Crippen LogP contribution < -0.4 is 10.1 Å². The number of ether oxygens (including phenoxy) is 1. The summed E-state index contributed by atoms with van der Waals surface area (Å²) in [6, 6.07) is 12.9. The monoisotopic (exact) mass is 391 g/mol. The van der Waals surface area contributed by atoms with Gasteiger partial charge in [-0.05, 0) is 49.4 Å². The fourth-order valence-electron chi connectivity index (χ4n) is 4.00. The quantitative estimate of drug-likeness (QED) is 0.695. The molecule has 0 fully saturated rings. The van der Waals surface area contributed by atoms with Crippen LogP contribution in [-0.4, -0.2) is 42.4 Å². The van der Waals surface area contributed by atoms with E-state index in [0.717, 1.165) is 23.7 Å². The zero-order valence-electron chi connectivity index (χ0n) is 16.7. The number of aromatic nitrogens is 1. The number of hydrogen-bond donors (Lipinski definition) is 2. The van der Waals surface area contributed by atoms with Crippen LogP contribution in [0.1, 0.15) is 34.5 Å². The van der Waals surface area contributed by atoms with Gasteiger partial charge in [-0.1, -0.05) is 18.2 Å². The summed E-state index contributed by atoms with van der Waals surface area (Å²) < 4.78 is 5.17. The van der Waals surface area contributed by atoms with E-state index in [0.29, 0.717) is 17.0 Å². The van der Waals surface area contributed by atoms with E-state index in [1.807, 2.05) is 18.2 Å². The fourth-order valence-corrected chi connectivity index (χ4v) is 4.00. The third kappa shape index (κ3) is 3.83. The summed E-state index contributed by atoms with van der Waals surface area (Å²) in [4.78, 5) is 30.4. The number of anilines is 1. The van der Waals surface area contributed by atoms with E-state index in [1.54, 1.807) is 32.4 Å². The van der Waals surface area contributed by atoms with E-state index in [9.17, 15) is 9.59 Å². The molecule has 2 N–H and O–H groups in total. The normalized spacial score (nSPS) is 13.0. The largest absolute Gasteiger partial charge is 0.497 e. The van der Waals surface area contributed by atoms with E-state index < -0.39 is 0 Å². The van der Waals surface area contributed by atoms with Gasteiger partial charge in [0.15, 0.2) is 0 Å². The number of hydrogen-bond acceptors (Lipinski definition) is 3. The highest BCUT2D eigenvalue weighted by Crippen LogP contribution is 2.31. The molecule has 4 rings (SSSR count). The molecule has 0 atom stereocenters. The second-order valence-electron chi connectivity index (χ2n) is 7.46. The summed E-state index contributed by atoms with van der Waals surface area (Å²) in [6.07, 6.45) is 4.43. The first-order valence-electron chi connectivity index (χ1n) is 9.88. The predicted molar refractivity (Wildman–Crippen MR) is 114 cm³/mol. The highest BCUT2D eigenvalue weighted by atomic mass is 16.5. The van der Waals surface area contributed by atoms with Gasteiger partial charge in [0.05, 0.1) is 24.7 Å². The van der Waals surface area contributed by atoms with Gasteiger partial charge < -0.3 is 19.9 Å². The van der Waals surface area contributed by atoms with Gasteiger partial charge in [0.2, 0.25) is 5.91 Å². The number of methoxy groups -OCH3 is 1. The fraction of sp³-hybridized carbons (Fsp3) is 0.304. The molecule has 150 valence electrons. The van der Waals surface area contributed by atoms with Gasteiger partial charge in [0.1, 0.15) is 5.75 Å². The first-order chi connectivity index (χ1) is 14.1. The first kappa shape index (κ1) is 19.1. The highest BCUT2D eigenvalue weighted by Gasteiger charge is 2.22. The number of carbonyl (C=O) groups is 2. The Balaban J connectivity index is 1.50. The number of nitrogens with zero attached hydrogens (tertiary/aromatic N) is 1. The third-order valence-corrected chi connectivity index (χ3v) is 5.44. The number of rotatable bonds is 5. The van der Waals surface area contributed by atoms with E-state index in [4.69, 9.17) is 4.74 Å². The van der Waals surface area contributed by atoms with E-state index in [1.165, 1.54) is 29.0 Å². The smallest absolute Gasteiger partial charge is 0.256 e. The lowest BCUT2D eigenvalue weighted by atomic mass is 9.95. The minimum atomic E-state index is -0.257. The van der Waals surface area contributed by atoms with Crippen molar-refractivity contribution < 1.29 is 14.3 Å². The Morgan fingerprint density at radius 1 is 1.14 bits per heavy atom. The molecule has 0 unspecified atom stereocenters. The van der Waals surface area contributed by atoms with E-state index in [-0.39, 0.29) is 18.4 Å². The predicted octanol–water partition coefficient (Wildman–Crippen LogP) is 3.77. The lowest BCUT2D eigenvalue weighted by Gasteiger charge is -2.17. The molecule has 29 heavy (non-hydrogen) atoms. The molecule has 1 aliphatic carbocycles. The molecule has 0 aliphatic heterocycles. The number of aromatic amines is 1. The van der Waals surface area contributed by atoms with Crippen molar-refractivity contribution in [1.82, 2.24) is 9.88 Å². The van der Waals surface area contributed by atoms with Gasteiger partial charge in [-0.3, -0.25) is 9.59 Å². The van der Waals surface area contributed by atoms with Crippen molar-refractivity contribution in [1.29, 1.82) is 0 Å². The maximum absolute atomic E-state index is 13.1. The zero-order valence-corrected chi connectivity index (χ0v) is 16.7. The van der Waals surface area contributed by atoms with Crippen LogP contribution in [0.25, 0.3) is 10.9 Å². The van der Waals surface area contributed by atoms with Gasteiger partial charge in [-0.25, -0.2) is 0 Å². The number of benzene rings is 2. The molecular formula is C23H25N3O3. The van der Waals surface area contributed by atoms with Crippen molar-refractivity contribution in [2.75, 3.05) is 26.0 Å². The molecule has 0 saturated heterocycles. The standard InChI is InChI=1S/C23H25N3O3/c1-26(14-21(27)24-15-7-5-8-16(13-15)29-2)23(28)19-11-6-10-18-17-9-3-4-12-20(17)25-22(18)19/h5-8,10-11,13,25H,3-4,9,12,14H2,1-2H3,(H,24,27). The third-order valence-electron chi connectivity index (χ3n) is 5.44.